The van der Waals surface area contributed by atoms with Crippen LogP contribution < -0.4 is 11.1 Å². The van der Waals surface area contributed by atoms with Crippen LogP contribution in [0.15, 0.2) is 24.5 Å². The first-order valence-electron chi connectivity index (χ1n) is 5.41. The zero-order valence-electron chi connectivity index (χ0n) is 10.3. The van der Waals surface area contributed by atoms with Gasteiger partial charge in [-0.25, -0.2) is 4.98 Å². The number of nitrogens with one attached hydrogen (secondary N) is 1. The van der Waals surface area contributed by atoms with Gasteiger partial charge in [-0.3, -0.25) is 9.48 Å². The van der Waals surface area contributed by atoms with E-state index in [1.54, 1.807) is 7.05 Å². The van der Waals surface area contributed by atoms with Gasteiger partial charge in [-0.2, -0.15) is 18.3 Å². The van der Waals surface area contributed by atoms with Gasteiger partial charge in [0.25, 0.3) is 5.91 Å². The van der Waals surface area contributed by atoms with E-state index in [-0.39, 0.29) is 17.1 Å². The number of halogens is 3. The Balaban J connectivity index is 2.15. The van der Waals surface area contributed by atoms with Gasteiger partial charge in [0.1, 0.15) is 17.1 Å². The van der Waals surface area contributed by atoms with E-state index in [4.69, 9.17) is 5.73 Å². The number of hydrogen-bond donors (Lipinski definition) is 2. The molecule has 0 spiro atoms. The smallest absolute Gasteiger partial charge is 0.383 e. The molecule has 0 fully saturated rings. The van der Waals surface area contributed by atoms with Crippen LogP contribution in [0, 0.1) is 0 Å². The van der Waals surface area contributed by atoms with Gasteiger partial charge in [-0.1, -0.05) is 0 Å². The molecular weight excluding hydrogens is 275 g/mol. The fourth-order valence-corrected chi connectivity index (χ4v) is 1.46. The van der Waals surface area contributed by atoms with E-state index >= 15 is 0 Å². The van der Waals surface area contributed by atoms with Gasteiger partial charge < -0.3 is 11.1 Å². The second kappa shape index (κ2) is 4.83. The van der Waals surface area contributed by atoms with Crippen molar-refractivity contribution in [3.8, 4) is 0 Å². The number of rotatable bonds is 2. The van der Waals surface area contributed by atoms with Crippen molar-refractivity contribution < 1.29 is 18.0 Å². The van der Waals surface area contributed by atoms with Gasteiger partial charge in [0.15, 0.2) is 0 Å². The standard InChI is InChI=1S/C11H10F3N5O/c1-19-9(15)7(5-17-19)10(20)18-6-2-3-8(16-4-6)11(12,13)14/h2-5H,15H2,1H3,(H,18,20). The molecule has 2 aromatic rings. The number of anilines is 2. The third kappa shape index (κ3) is 2.71. The summed E-state index contributed by atoms with van der Waals surface area (Å²) in [6.07, 6.45) is -2.33. The van der Waals surface area contributed by atoms with Crippen molar-refractivity contribution >= 4 is 17.4 Å². The molecule has 0 aliphatic carbocycles. The van der Waals surface area contributed by atoms with Crippen molar-refractivity contribution in [3.63, 3.8) is 0 Å². The monoisotopic (exact) mass is 285 g/mol. The van der Waals surface area contributed by atoms with E-state index in [2.05, 4.69) is 15.4 Å². The first-order valence-corrected chi connectivity index (χ1v) is 5.41. The summed E-state index contributed by atoms with van der Waals surface area (Å²) in [4.78, 5) is 15.1. The topological polar surface area (TPSA) is 85.8 Å². The van der Waals surface area contributed by atoms with Gasteiger partial charge >= 0.3 is 6.18 Å². The lowest BCUT2D eigenvalue weighted by Gasteiger charge is -2.07. The average molecular weight is 285 g/mol. The first-order chi connectivity index (χ1) is 9.29. The SMILES string of the molecule is Cn1ncc(C(=O)Nc2ccc(C(F)(F)F)nc2)c1N. The Morgan fingerprint density at radius 1 is 1.35 bits per heavy atom. The summed E-state index contributed by atoms with van der Waals surface area (Å²) in [6, 6.07) is 1.89. The molecule has 2 heterocycles. The second-order valence-corrected chi connectivity index (χ2v) is 3.95. The summed E-state index contributed by atoms with van der Waals surface area (Å²) in [5.74, 6) is -0.417. The molecule has 0 bridgehead atoms. The number of aryl methyl sites for hydroxylation is 1. The van der Waals surface area contributed by atoms with E-state index in [1.807, 2.05) is 0 Å². The predicted octanol–water partition coefficient (Wildman–Crippen LogP) is 1.67. The molecule has 9 heteroatoms. The zero-order chi connectivity index (χ0) is 14.9. The number of carbonyl (C=O) groups is 1. The van der Waals surface area contributed by atoms with Crippen LogP contribution in [0.2, 0.25) is 0 Å². The third-order valence-electron chi connectivity index (χ3n) is 2.54. The number of nitrogens with two attached hydrogens (primary N) is 1. The van der Waals surface area contributed by atoms with E-state index in [1.165, 1.54) is 10.9 Å². The number of nitrogen functional groups attached to an aromatic ring is 1. The molecule has 0 aliphatic rings. The number of pyridine rings is 1. The molecule has 3 N–H and O–H groups in total. The maximum Gasteiger partial charge on any atom is 0.433 e. The minimum Gasteiger partial charge on any atom is -0.383 e. The molecule has 0 unspecified atom stereocenters. The molecule has 0 atom stereocenters. The summed E-state index contributed by atoms with van der Waals surface area (Å²) < 4.78 is 38.3. The van der Waals surface area contributed by atoms with Crippen molar-refractivity contribution in [2.75, 3.05) is 11.1 Å². The number of aromatic nitrogens is 3. The highest BCUT2D eigenvalue weighted by Gasteiger charge is 2.32. The molecule has 20 heavy (non-hydrogen) atoms. The number of amides is 1. The summed E-state index contributed by atoms with van der Waals surface area (Å²) in [5, 5.41) is 6.18. The molecule has 0 saturated carbocycles. The molecule has 106 valence electrons. The predicted molar refractivity (Wildman–Crippen MR) is 64.8 cm³/mol. The quantitative estimate of drug-likeness (QED) is 0.878. The molecule has 0 radical (unpaired) electrons. The third-order valence-corrected chi connectivity index (χ3v) is 2.54. The average Bonchev–Trinajstić information content (AvgIpc) is 2.69. The number of carbonyl (C=O) groups excluding carboxylic acids is 1. The lowest BCUT2D eigenvalue weighted by Crippen LogP contribution is -2.14. The van der Waals surface area contributed by atoms with Crippen LogP contribution in [0.25, 0.3) is 0 Å². The van der Waals surface area contributed by atoms with Gasteiger partial charge in [0.05, 0.1) is 18.1 Å². The van der Waals surface area contributed by atoms with Gasteiger partial charge in [-0.05, 0) is 12.1 Å². The van der Waals surface area contributed by atoms with Crippen molar-refractivity contribution in [2.24, 2.45) is 7.05 Å². The van der Waals surface area contributed by atoms with Crippen LogP contribution in [-0.4, -0.2) is 20.7 Å². The van der Waals surface area contributed by atoms with Crippen LogP contribution in [0.3, 0.4) is 0 Å². The highest BCUT2D eigenvalue weighted by Crippen LogP contribution is 2.27. The Hall–Kier alpha value is -2.58. The van der Waals surface area contributed by atoms with Crippen LogP contribution in [0.4, 0.5) is 24.7 Å². The maximum atomic E-state index is 12.3. The Labute approximate surface area is 111 Å². The van der Waals surface area contributed by atoms with Crippen molar-refractivity contribution in [2.45, 2.75) is 6.18 Å². The van der Waals surface area contributed by atoms with Crippen molar-refractivity contribution in [1.29, 1.82) is 0 Å². The molecule has 1 amide bonds. The van der Waals surface area contributed by atoms with E-state index in [9.17, 15) is 18.0 Å². The first kappa shape index (κ1) is 13.8. The molecule has 0 saturated heterocycles. The fourth-order valence-electron chi connectivity index (χ4n) is 1.46. The maximum absolute atomic E-state index is 12.3. The van der Waals surface area contributed by atoms with Gasteiger partial charge in [0.2, 0.25) is 0 Å². The lowest BCUT2D eigenvalue weighted by molar-refractivity contribution is -0.141. The van der Waals surface area contributed by atoms with Gasteiger partial charge in [0, 0.05) is 7.05 Å². The zero-order valence-corrected chi connectivity index (χ0v) is 10.3. The minimum atomic E-state index is -4.52. The fraction of sp³-hybridized carbons (Fsp3) is 0.182. The van der Waals surface area contributed by atoms with E-state index in [0.717, 1.165) is 18.3 Å². The minimum absolute atomic E-state index is 0.131. The summed E-state index contributed by atoms with van der Waals surface area (Å²) in [6.45, 7) is 0. The Bertz CT molecular complexity index is 632. The van der Waals surface area contributed by atoms with E-state index < -0.39 is 17.8 Å². The van der Waals surface area contributed by atoms with Crippen LogP contribution in [0.5, 0.6) is 0 Å². The van der Waals surface area contributed by atoms with Crippen LogP contribution >= 0.6 is 0 Å². The summed E-state index contributed by atoms with van der Waals surface area (Å²) in [5.41, 5.74) is 4.85. The van der Waals surface area contributed by atoms with Crippen molar-refractivity contribution in [1.82, 2.24) is 14.8 Å². The lowest BCUT2D eigenvalue weighted by atomic mass is 10.3. The second-order valence-electron chi connectivity index (χ2n) is 3.95. The largest absolute Gasteiger partial charge is 0.433 e. The molecule has 0 aromatic carbocycles. The highest BCUT2D eigenvalue weighted by atomic mass is 19.4. The Morgan fingerprint density at radius 3 is 2.50 bits per heavy atom. The van der Waals surface area contributed by atoms with E-state index in [0.29, 0.717) is 0 Å². The van der Waals surface area contributed by atoms with Crippen LogP contribution in [0.1, 0.15) is 16.1 Å². The number of alkyl halides is 3. The summed E-state index contributed by atoms with van der Waals surface area (Å²) in [7, 11) is 1.56. The van der Waals surface area contributed by atoms with Crippen LogP contribution in [-0.2, 0) is 13.2 Å². The van der Waals surface area contributed by atoms with Crippen molar-refractivity contribution in [3.05, 3.63) is 35.8 Å². The molecule has 0 aliphatic heterocycles. The van der Waals surface area contributed by atoms with Gasteiger partial charge in [-0.15, -0.1) is 0 Å². The number of hydrogen-bond acceptors (Lipinski definition) is 4. The molecule has 2 rings (SSSR count). The highest BCUT2D eigenvalue weighted by molar-refractivity contribution is 6.07. The molecular formula is C11H10F3N5O. The Kier molecular flexibility index (Phi) is 3.35. The summed E-state index contributed by atoms with van der Waals surface area (Å²) >= 11 is 0. The molecule has 6 nitrogen and oxygen atoms in total. The normalized spacial score (nSPS) is 11.4. The number of nitrogens with zero attached hydrogens (tertiary/aromatic N) is 3. The Morgan fingerprint density at radius 2 is 2.05 bits per heavy atom. The molecule has 2 aromatic heterocycles.